The molecule has 3 aliphatic rings. The van der Waals surface area contributed by atoms with E-state index in [0.29, 0.717) is 12.0 Å². The molecule has 2 unspecified atom stereocenters. The van der Waals surface area contributed by atoms with Crippen molar-refractivity contribution < 1.29 is 9.47 Å². The molecule has 0 radical (unpaired) electrons. The Balaban J connectivity index is 1.45. The second kappa shape index (κ2) is 6.70. The van der Waals surface area contributed by atoms with Crippen LogP contribution in [0.2, 0.25) is 0 Å². The summed E-state index contributed by atoms with van der Waals surface area (Å²) in [4.78, 5) is 2.53. The van der Waals surface area contributed by atoms with E-state index in [4.69, 9.17) is 9.47 Å². The van der Waals surface area contributed by atoms with E-state index >= 15 is 0 Å². The summed E-state index contributed by atoms with van der Waals surface area (Å²) in [5, 5.41) is 3.58. The van der Waals surface area contributed by atoms with Gasteiger partial charge in [0.15, 0.2) is 0 Å². The quantitative estimate of drug-likeness (QED) is 0.924. The Morgan fingerprint density at radius 3 is 2.91 bits per heavy atom. The van der Waals surface area contributed by atoms with Crippen molar-refractivity contribution >= 4 is 5.69 Å². The lowest BCUT2D eigenvalue weighted by Crippen LogP contribution is -2.27. The standard InChI is InChI=1S/C19H28N2O2/c1-21-8-2-3-15(21)11-14-13-20-19-5-4-17(12-18(14)19)23-16-6-9-22-10-7-16/h4-5,12,14-16,20H,2-3,6-11,13H2,1H3. The molecule has 1 aromatic rings. The normalized spacial score (nSPS) is 28.6. The number of rotatable bonds is 4. The van der Waals surface area contributed by atoms with Gasteiger partial charge in [0.2, 0.25) is 0 Å². The molecule has 126 valence electrons. The first-order valence-electron chi connectivity index (χ1n) is 9.12. The van der Waals surface area contributed by atoms with E-state index in [-0.39, 0.29) is 0 Å². The minimum absolute atomic E-state index is 0.315. The van der Waals surface area contributed by atoms with Crippen LogP contribution in [0.3, 0.4) is 0 Å². The molecule has 2 atom stereocenters. The topological polar surface area (TPSA) is 33.7 Å². The second-order valence-corrected chi connectivity index (χ2v) is 7.27. The molecule has 4 rings (SSSR count). The zero-order chi connectivity index (χ0) is 15.6. The van der Waals surface area contributed by atoms with E-state index in [1.165, 1.54) is 37.1 Å². The highest BCUT2D eigenvalue weighted by molar-refractivity contribution is 5.60. The second-order valence-electron chi connectivity index (χ2n) is 7.27. The zero-order valence-electron chi connectivity index (χ0n) is 14.1. The minimum atomic E-state index is 0.315. The van der Waals surface area contributed by atoms with Crippen molar-refractivity contribution in [2.75, 3.05) is 38.7 Å². The maximum absolute atomic E-state index is 6.20. The van der Waals surface area contributed by atoms with Crippen LogP contribution in [-0.4, -0.2) is 50.4 Å². The Morgan fingerprint density at radius 1 is 1.26 bits per heavy atom. The number of ether oxygens (including phenoxy) is 2. The van der Waals surface area contributed by atoms with Gasteiger partial charge in [-0.1, -0.05) is 0 Å². The van der Waals surface area contributed by atoms with Gasteiger partial charge in [0.1, 0.15) is 11.9 Å². The highest BCUT2D eigenvalue weighted by atomic mass is 16.5. The lowest BCUT2D eigenvalue weighted by molar-refractivity contribution is 0.0255. The van der Waals surface area contributed by atoms with Gasteiger partial charge in [0, 0.05) is 37.0 Å². The molecule has 2 fully saturated rings. The SMILES string of the molecule is CN1CCCC1CC1CNc2ccc(OC3CCOCC3)cc21. The van der Waals surface area contributed by atoms with E-state index in [9.17, 15) is 0 Å². The van der Waals surface area contributed by atoms with Crippen molar-refractivity contribution in [2.24, 2.45) is 0 Å². The summed E-state index contributed by atoms with van der Waals surface area (Å²) in [6.07, 6.45) is 6.28. The van der Waals surface area contributed by atoms with Crippen molar-refractivity contribution in [3.05, 3.63) is 23.8 Å². The van der Waals surface area contributed by atoms with Crippen molar-refractivity contribution in [2.45, 2.75) is 50.2 Å². The van der Waals surface area contributed by atoms with Crippen LogP contribution in [0.25, 0.3) is 0 Å². The molecule has 0 aromatic heterocycles. The summed E-state index contributed by atoms with van der Waals surface area (Å²) in [5.74, 6) is 1.65. The van der Waals surface area contributed by atoms with Gasteiger partial charge in [0.05, 0.1) is 13.2 Å². The van der Waals surface area contributed by atoms with Crippen LogP contribution in [0.4, 0.5) is 5.69 Å². The van der Waals surface area contributed by atoms with Crippen molar-refractivity contribution in [3.63, 3.8) is 0 Å². The summed E-state index contributed by atoms with van der Waals surface area (Å²) in [6, 6.07) is 7.34. The number of hydrogen-bond acceptors (Lipinski definition) is 4. The number of nitrogens with one attached hydrogen (secondary N) is 1. The van der Waals surface area contributed by atoms with Crippen LogP contribution in [0, 0.1) is 0 Å². The maximum atomic E-state index is 6.20. The van der Waals surface area contributed by atoms with E-state index in [0.717, 1.165) is 44.4 Å². The number of benzene rings is 1. The average molecular weight is 316 g/mol. The summed E-state index contributed by atoms with van der Waals surface area (Å²) in [6.45, 7) is 3.98. The van der Waals surface area contributed by atoms with Crippen LogP contribution in [-0.2, 0) is 4.74 Å². The monoisotopic (exact) mass is 316 g/mol. The number of anilines is 1. The molecule has 4 heteroatoms. The lowest BCUT2D eigenvalue weighted by atomic mass is 9.93. The molecule has 0 aliphatic carbocycles. The summed E-state index contributed by atoms with van der Waals surface area (Å²) in [7, 11) is 2.27. The fraction of sp³-hybridized carbons (Fsp3) is 0.684. The fourth-order valence-electron chi connectivity index (χ4n) is 4.26. The first kappa shape index (κ1) is 15.3. The minimum Gasteiger partial charge on any atom is -0.490 e. The van der Waals surface area contributed by atoms with Crippen LogP contribution in [0.1, 0.15) is 43.6 Å². The third-order valence-corrected chi connectivity index (χ3v) is 5.70. The molecule has 23 heavy (non-hydrogen) atoms. The van der Waals surface area contributed by atoms with Gasteiger partial charge in [0.25, 0.3) is 0 Å². The predicted molar refractivity (Wildman–Crippen MR) is 92.4 cm³/mol. The molecule has 0 spiro atoms. The average Bonchev–Trinajstić information content (AvgIpc) is 3.16. The Bertz CT molecular complexity index is 542. The highest BCUT2D eigenvalue weighted by Gasteiger charge is 2.29. The lowest BCUT2D eigenvalue weighted by Gasteiger charge is -2.24. The molecule has 0 saturated carbocycles. The van der Waals surface area contributed by atoms with Gasteiger partial charge in [-0.3, -0.25) is 0 Å². The molecule has 0 amide bonds. The molecule has 3 aliphatic heterocycles. The Hall–Kier alpha value is -1.26. The molecular formula is C19H28N2O2. The highest BCUT2D eigenvalue weighted by Crippen LogP contribution is 2.39. The summed E-state index contributed by atoms with van der Waals surface area (Å²) < 4.78 is 11.6. The molecule has 1 aromatic carbocycles. The molecule has 1 N–H and O–H groups in total. The zero-order valence-corrected chi connectivity index (χ0v) is 14.1. The predicted octanol–water partition coefficient (Wildman–Crippen LogP) is 3.24. The van der Waals surface area contributed by atoms with Crippen LogP contribution >= 0.6 is 0 Å². The van der Waals surface area contributed by atoms with Crippen molar-refractivity contribution in [1.29, 1.82) is 0 Å². The van der Waals surface area contributed by atoms with E-state index < -0.39 is 0 Å². The molecular weight excluding hydrogens is 288 g/mol. The number of fused-ring (bicyclic) bond motifs is 1. The van der Waals surface area contributed by atoms with Gasteiger partial charge in [-0.15, -0.1) is 0 Å². The molecule has 3 heterocycles. The number of likely N-dealkylation sites (tertiary alicyclic amines) is 1. The van der Waals surface area contributed by atoms with Gasteiger partial charge in [-0.05, 0) is 56.6 Å². The third kappa shape index (κ3) is 3.33. The van der Waals surface area contributed by atoms with Gasteiger partial charge in [-0.25, -0.2) is 0 Å². The number of nitrogens with zero attached hydrogens (tertiary/aromatic N) is 1. The third-order valence-electron chi connectivity index (χ3n) is 5.70. The first-order chi connectivity index (χ1) is 11.3. The molecule has 4 nitrogen and oxygen atoms in total. The van der Waals surface area contributed by atoms with Crippen LogP contribution in [0.5, 0.6) is 5.75 Å². The Morgan fingerprint density at radius 2 is 2.13 bits per heavy atom. The largest absolute Gasteiger partial charge is 0.490 e. The smallest absolute Gasteiger partial charge is 0.120 e. The van der Waals surface area contributed by atoms with E-state index in [2.05, 4.69) is 35.5 Å². The summed E-state index contributed by atoms with van der Waals surface area (Å²) in [5.41, 5.74) is 2.75. The summed E-state index contributed by atoms with van der Waals surface area (Å²) >= 11 is 0. The van der Waals surface area contributed by atoms with E-state index in [1.54, 1.807) is 0 Å². The van der Waals surface area contributed by atoms with Gasteiger partial charge >= 0.3 is 0 Å². The molecule has 2 saturated heterocycles. The van der Waals surface area contributed by atoms with Crippen molar-refractivity contribution in [3.8, 4) is 5.75 Å². The van der Waals surface area contributed by atoms with Gasteiger partial charge in [-0.2, -0.15) is 0 Å². The Kier molecular flexibility index (Phi) is 4.45. The Labute approximate surface area is 139 Å². The number of hydrogen-bond donors (Lipinski definition) is 1. The van der Waals surface area contributed by atoms with Crippen molar-refractivity contribution in [1.82, 2.24) is 4.90 Å². The molecule has 0 bridgehead atoms. The van der Waals surface area contributed by atoms with Crippen LogP contribution < -0.4 is 10.1 Å². The van der Waals surface area contributed by atoms with Gasteiger partial charge < -0.3 is 19.7 Å². The van der Waals surface area contributed by atoms with Crippen LogP contribution in [0.15, 0.2) is 18.2 Å². The fourth-order valence-corrected chi connectivity index (χ4v) is 4.26. The maximum Gasteiger partial charge on any atom is 0.120 e. The van der Waals surface area contributed by atoms with E-state index in [1.807, 2.05) is 0 Å². The first-order valence-corrected chi connectivity index (χ1v) is 9.12.